The number of hydrogen-bond acceptors (Lipinski definition) is 5. The second-order valence-corrected chi connectivity index (χ2v) is 6.39. The molecule has 1 unspecified atom stereocenters. The number of nitrogens with zero attached hydrogens (tertiary/aromatic N) is 3. The average Bonchev–Trinajstić information content (AvgIpc) is 2.73. The van der Waals surface area contributed by atoms with Crippen LogP contribution in [-0.4, -0.2) is 28.2 Å². The Balaban J connectivity index is 1.99. The molecule has 29 heavy (non-hydrogen) atoms. The SMILES string of the molecule is CCc1cc(-c2c(F)cccc2F)nnc1C(C)c1cccc(C(=O)NOC)n1. The molecule has 2 aromatic heterocycles. The fraction of sp³-hybridized carbons (Fsp3) is 0.238. The van der Waals surface area contributed by atoms with Crippen LogP contribution < -0.4 is 5.48 Å². The van der Waals surface area contributed by atoms with Crippen LogP contribution in [0, 0.1) is 11.6 Å². The van der Waals surface area contributed by atoms with E-state index in [4.69, 9.17) is 0 Å². The van der Waals surface area contributed by atoms with Crippen molar-refractivity contribution in [3.8, 4) is 11.3 Å². The van der Waals surface area contributed by atoms with Gasteiger partial charge in [-0.1, -0.05) is 26.0 Å². The molecule has 1 atom stereocenters. The van der Waals surface area contributed by atoms with Gasteiger partial charge in [0.2, 0.25) is 0 Å². The van der Waals surface area contributed by atoms with E-state index in [1.165, 1.54) is 25.3 Å². The van der Waals surface area contributed by atoms with Gasteiger partial charge in [-0.3, -0.25) is 9.63 Å². The summed E-state index contributed by atoms with van der Waals surface area (Å²) in [5, 5.41) is 8.30. The molecule has 1 N–H and O–H groups in total. The van der Waals surface area contributed by atoms with E-state index in [1.807, 2.05) is 13.8 Å². The summed E-state index contributed by atoms with van der Waals surface area (Å²) in [5.74, 6) is -2.14. The van der Waals surface area contributed by atoms with Crippen molar-refractivity contribution in [2.24, 2.45) is 0 Å². The smallest absolute Gasteiger partial charge is 0.277 e. The van der Waals surface area contributed by atoms with Gasteiger partial charge in [-0.2, -0.15) is 10.2 Å². The van der Waals surface area contributed by atoms with Crippen LogP contribution >= 0.6 is 0 Å². The molecule has 3 rings (SSSR count). The van der Waals surface area contributed by atoms with Gasteiger partial charge in [-0.25, -0.2) is 19.2 Å². The average molecular weight is 398 g/mol. The van der Waals surface area contributed by atoms with E-state index < -0.39 is 17.5 Å². The van der Waals surface area contributed by atoms with Crippen LogP contribution in [0.1, 0.15) is 47.2 Å². The molecule has 150 valence electrons. The molecule has 0 radical (unpaired) electrons. The minimum Gasteiger partial charge on any atom is -0.277 e. The van der Waals surface area contributed by atoms with Gasteiger partial charge in [0.1, 0.15) is 17.3 Å². The maximum atomic E-state index is 14.1. The summed E-state index contributed by atoms with van der Waals surface area (Å²) in [7, 11) is 1.34. The zero-order valence-electron chi connectivity index (χ0n) is 16.2. The summed E-state index contributed by atoms with van der Waals surface area (Å²) in [4.78, 5) is 20.9. The van der Waals surface area contributed by atoms with E-state index in [1.54, 1.807) is 24.3 Å². The quantitative estimate of drug-likeness (QED) is 0.639. The Kier molecular flexibility index (Phi) is 6.23. The van der Waals surface area contributed by atoms with Crippen LogP contribution in [0.2, 0.25) is 0 Å². The predicted octanol–water partition coefficient (Wildman–Crippen LogP) is 3.82. The third kappa shape index (κ3) is 4.27. The van der Waals surface area contributed by atoms with Crippen LogP contribution in [0.4, 0.5) is 8.78 Å². The first kappa shape index (κ1) is 20.5. The Labute approximate surface area is 166 Å². The number of nitrogens with one attached hydrogen (secondary N) is 1. The van der Waals surface area contributed by atoms with Gasteiger partial charge >= 0.3 is 0 Å². The van der Waals surface area contributed by atoms with E-state index in [0.29, 0.717) is 17.8 Å². The number of benzene rings is 1. The number of amides is 1. The summed E-state index contributed by atoms with van der Waals surface area (Å²) in [5.41, 5.74) is 4.39. The van der Waals surface area contributed by atoms with Crippen molar-refractivity contribution >= 4 is 5.91 Å². The van der Waals surface area contributed by atoms with Crippen molar-refractivity contribution in [3.05, 3.63) is 76.7 Å². The summed E-state index contributed by atoms with van der Waals surface area (Å²) < 4.78 is 28.2. The third-order valence-electron chi connectivity index (χ3n) is 4.56. The van der Waals surface area contributed by atoms with E-state index in [-0.39, 0.29) is 22.9 Å². The van der Waals surface area contributed by atoms with Crippen molar-refractivity contribution in [1.82, 2.24) is 20.7 Å². The second kappa shape index (κ2) is 8.83. The first-order chi connectivity index (χ1) is 14.0. The molecule has 1 amide bonds. The maximum absolute atomic E-state index is 14.1. The number of aromatic nitrogens is 3. The molecule has 0 spiro atoms. The number of aryl methyl sites for hydroxylation is 1. The van der Waals surface area contributed by atoms with Crippen molar-refractivity contribution in [3.63, 3.8) is 0 Å². The fourth-order valence-corrected chi connectivity index (χ4v) is 3.06. The lowest BCUT2D eigenvalue weighted by Crippen LogP contribution is -2.23. The number of pyridine rings is 1. The van der Waals surface area contributed by atoms with Gasteiger partial charge in [0, 0.05) is 5.92 Å². The summed E-state index contributed by atoms with van der Waals surface area (Å²) in [6.45, 7) is 3.80. The molecule has 0 aliphatic rings. The molecule has 2 heterocycles. The summed E-state index contributed by atoms with van der Waals surface area (Å²) in [6, 6.07) is 10.4. The minimum atomic E-state index is -0.694. The number of carbonyl (C=O) groups is 1. The molecule has 1 aromatic carbocycles. The largest absolute Gasteiger partial charge is 0.293 e. The van der Waals surface area contributed by atoms with Crippen molar-refractivity contribution < 1.29 is 18.4 Å². The molecular weight excluding hydrogens is 378 g/mol. The topological polar surface area (TPSA) is 77.0 Å². The molecule has 0 aliphatic carbocycles. The minimum absolute atomic E-state index is 0.134. The van der Waals surface area contributed by atoms with Crippen LogP contribution in [0.3, 0.4) is 0 Å². The lowest BCUT2D eigenvalue weighted by molar-refractivity contribution is 0.0532. The number of carbonyl (C=O) groups excluding carboxylic acids is 1. The highest BCUT2D eigenvalue weighted by atomic mass is 19.1. The molecular formula is C21H20F2N4O2. The molecule has 0 bridgehead atoms. The lowest BCUT2D eigenvalue weighted by atomic mass is 9.96. The van der Waals surface area contributed by atoms with Crippen molar-refractivity contribution in [2.45, 2.75) is 26.2 Å². The molecule has 0 saturated heterocycles. The molecule has 8 heteroatoms. The first-order valence-corrected chi connectivity index (χ1v) is 9.07. The maximum Gasteiger partial charge on any atom is 0.293 e. The van der Waals surface area contributed by atoms with E-state index in [2.05, 4.69) is 25.5 Å². The summed E-state index contributed by atoms with van der Waals surface area (Å²) in [6.07, 6.45) is 0.585. The first-order valence-electron chi connectivity index (χ1n) is 9.07. The lowest BCUT2D eigenvalue weighted by Gasteiger charge is -2.16. The predicted molar refractivity (Wildman–Crippen MR) is 103 cm³/mol. The van der Waals surface area contributed by atoms with E-state index in [0.717, 1.165) is 5.56 Å². The van der Waals surface area contributed by atoms with Gasteiger partial charge in [-0.15, -0.1) is 0 Å². The normalized spacial score (nSPS) is 11.9. The van der Waals surface area contributed by atoms with Crippen LogP contribution in [-0.2, 0) is 11.3 Å². The Morgan fingerprint density at radius 2 is 1.83 bits per heavy atom. The van der Waals surface area contributed by atoms with E-state index in [9.17, 15) is 13.6 Å². The molecule has 3 aromatic rings. The highest BCUT2D eigenvalue weighted by molar-refractivity contribution is 5.91. The van der Waals surface area contributed by atoms with Gasteiger partial charge < -0.3 is 0 Å². The number of hydroxylamine groups is 1. The third-order valence-corrected chi connectivity index (χ3v) is 4.56. The zero-order chi connectivity index (χ0) is 21.0. The Morgan fingerprint density at radius 3 is 2.48 bits per heavy atom. The Hall–Kier alpha value is -3.26. The Morgan fingerprint density at radius 1 is 1.14 bits per heavy atom. The number of hydrogen-bond donors (Lipinski definition) is 1. The van der Waals surface area contributed by atoms with Gasteiger partial charge in [-0.05, 0) is 42.3 Å². The van der Waals surface area contributed by atoms with Crippen LogP contribution in [0.25, 0.3) is 11.3 Å². The second-order valence-electron chi connectivity index (χ2n) is 6.39. The van der Waals surface area contributed by atoms with Gasteiger partial charge in [0.15, 0.2) is 0 Å². The molecule has 6 nitrogen and oxygen atoms in total. The van der Waals surface area contributed by atoms with Crippen LogP contribution in [0.5, 0.6) is 0 Å². The van der Waals surface area contributed by atoms with Crippen molar-refractivity contribution in [2.75, 3.05) is 7.11 Å². The molecule has 0 saturated carbocycles. The van der Waals surface area contributed by atoms with Gasteiger partial charge in [0.05, 0.1) is 29.8 Å². The number of rotatable bonds is 6. The van der Waals surface area contributed by atoms with Crippen LogP contribution in [0.15, 0.2) is 42.5 Å². The fourth-order valence-electron chi connectivity index (χ4n) is 3.06. The Bertz CT molecular complexity index is 1020. The monoisotopic (exact) mass is 398 g/mol. The number of halogens is 2. The van der Waals surface area contributed by atoms with Crippen molar-refractivity contribution in [1.29, 1.82) is 0 Å². The molecule has 0 aliphatic heterocycles. The highest BCUT2D eigenvalue weighted by Crippen LogP contribution is 2.29. The highest BCUT2D eigenvalue weighted by Gasteiger charge is 2.20. The molecule has 0 fully saturated rings. The zero-order valence-corrected chi connectivity index (χ0v) is 16.2. The van der Waals surface area contributed by atoms with E-state index >= 15 is 0 Å². The van der Waals surface area contributed by atoms with Gasteiger partial charge in [0.25, 0.3) is 5.91 Å². The standard InChI is InChI=1S/C21H20F2N4O2/c1-4-13-11-18(19-14(22)7-5-8-15(19)23)25-26-20(13)12(2)16-9-6-10-17(24-16)21(28)27-29-3/h5-12H,4H2,1-3H3,(H,27,28). The summed E-state index contributed by atoms with van der Waals surface area (Å²) >= 11 is 0.